The average molecular weight is 1070 g/mol. The van der Waals surface area contributed by atoms with E-state index < -0.39 is 55.5 Å². The van der Waals surface area contributed by atoms with Crippen LogP contribution in [0.25, 0.3) is 0 Å². The molecule has 8 bridgehead atoms. The molecule has 0 aliphatic carbocycles. The largest absolute Gasteiger partial charge is 0.408 e. The fourth-order valence-corrected chi connectivity index (χ4v) is 15.3. The van der Waals surface area contributed by atoms with E-state index in [1.165, 1.54) is 0 Å². The monoisotopic (exact) mass is 1070 g/mol. The van der Waals surface area contributed by atoms with Gasteiger partial charge in [-0.3, -0.25) is 9.59 Å². The first-order chi connectivity index (χ1) is 33.6. The van der Waals surface area contributed by atoms with Gasteiger partial charge in [-0.2, -0.15) is 0 Å². The van der Waals surface area contributed by atoms with Crippen LogP contribution in [-0.4, -0.2) is 116 Å². The van der Waals surface area contributed by atoms with Crippen molar-refractivity contribution in [3.05, 3.63) is 36.5 Å². The predicted octanol–water partition coefficient (Wildman–Crippen LogP) is 14.4. The van der Waals surface area contributed by atoms with Crippen LogP contribution in [0.15, 0.2) is 36.5 Å². The van der Waals surface area contributed by atoms with Crippen LogP contribution < -0.4 is 0 Å². The molecule has 3 unspecified atom stereocenters. The van der Waals surface area contributed by atoms with Crippen LogP contribution in [-0.2, 0) is 46.6 Å². The van der Waals surface area contributed by atoms with Crippen molar-refractivity contribution in [2.24, 2.45) is 23.7 Å². The fourth-order valence-electron chi connectivity index (χ4n) is 11.5. The molecule has 5 saturated heterocycles. The lowest BCUT2D eigenvalue weighted by atomic mass is 9.78. The highest BCUT2D eigenvalue weighted by Crippen LogP contribution is 2.49. The van der Waals surface area contributed by atoms with E-state index in [-0.39, 0.29) is 87.3 Å². The van der Waals surface area contributed by atoms with Gasteiger partial charge in [0.2, 0.25) is 0 Å². The number of Topliss-reactive ketones (excluding diaryl/α,β-unsaturated/α-hetero) is 1. The summed E-state index contributed by atoms with van der Waals surface area (Å²) >= 11 is 0. The molecule has 8 heterocycles. The molecule has 0 radical (unpaired) electrons. The summed E-state index contributed by atoms with van der Waals surface area (Å²) in [6, 6.07) is 0. The molecule has 10 nitrogen and oxygen atoms in total. The lowest BCUT2D eigenvalue weighted by Crippen LogP contribution is -2.69. The van der Waals surface area contributed by atoms with E-state index in [1.807, 2.05) is 6.08 Å². The topological polar surface area (TPSA) is 108 Å². The summed E-state index contributed by atoms with van der Waals surface area (Å²) in [5.74, 6) is 1.36. The zero-order chi connectivity index (χ0) is 54.4. The standard InChI is InChI=1S/C60H106O10Si3/c1-22-37(2)31-51-41(6)47-35-43(62)34-46-27-30-49-54(65-46)56(69-72(18,19)59(10,11)12)57(70-73(20,21)60(13,14)15)55(67-49)50(68-71(16,17)58(7,8)9)28-24-42(61)23-25-44-33-39(4)48(63-44)29-26-45-32-38(3)40(5)52(64-45)36-53(47)66-51/h24,28,37-38,41,44-57H,4-5,22-23,25-27,29-36H2,1-3,6-21H3/b28-24+/t37-,38-,41-,44?,45+,46-,47-,48?,49+,50+,51-,52?,53+,54+,55+,56+,57-/m1/s1. The molecule has 5 fully saturated rings. The smallest absolute Gasteiger partial charge is 0.193 e. The molecule has 73 heavy (non-hydrogen) atoms. The Kier molecular flexibility index (Phi) is 19.8. The fraction of sp³-hybridized carbons (Fsp3) is 0.867. The summed E-state index contributed by atoms with van der Waals surface area (Å²) in [6.07, 6.45) is 9.33. The van der Waals surface area contributed by atoms with E-state index >= 15 is 0 Å². The van der Waals surface area contributed by atoms with Gasteiger partial charge in [0.1, 0.15) is 30.2 Å². The number of rotatable bonds is 9. The Morgan fingerprint density at radius 1 is 0.644 bits per heavy atom. The Morgan fingerprint density at radius 3 is 1.81 bits per heavy atom. The van der Waals surface area contributed by atoms with Crippen molar-refractivity contribution in [1.29, 1.82) is 0 Å². The van der Waals surface area contributed by atoms with Gasteiger partial charge < -0.3 is 37.0 Å². The molecule has 17 atom stereocenters. The lowest BCUT2D eigenvalue weighted by Gasteiger charge is -2.56. The summed E-state index contributed by atoms with van der Waals surface area (Å²) in [5, 5.41) is -0.363. The van der Waals surface area contributed by atoms with Gasteiger partial charge in [0.15, 0.2) is 30.7 Å². The van der Waals surface area contributed by atoms with E-state index in [0.29, 0.717) is 56.8 Å². The molecule has 0 amide bonds. The number of allylic oxidation sites excluding steroid dienone is 1. The number of hydrogen-bond donors (Lipinski definition) is 0. The maximum absolute atomic E-state index is 14.8. The summed E-state index contributed by atoms with van der Waals surface area (Å²) in [4.78, 5) is 28.9. The first-order valence-corrected chi connectivity index (χ1v) is 37.7. The maximum Gasteiger partial charge on any atom is 0.193 e. The molecule has 0 spiro atoms. The quantitative estimate of drug-likeness (QED) is 0.164. The molecular weight excluding hydrogens is 965 g/mol. The van der Waals surface area contributed by atoms with Crippen LogP contribution in [0.1, 0.15) is 173 Å². The van der Waals surface area contributed by atoms with Crippen molar-refractivity contribution in [3.8, 4) is 0 Å². The zero-order valence-corrected chi connectivity index (χ0v) is 52.7. The van der Waals surface area contributed by atoms with E-state index in [4.69, 9.17) is 37.0 Å². The third-order valence-electron chi connectivity index (χ3n) is 19.9. The number of ether oxygens (including phenoxy) is 5. The molecule has 0 aromatic rings. The highest BCUT2D eigenvalue weighted by atomic mass is 28.4. The minimum Gasteiger partial charge on any atom is -0.408 e. The molecule has 13 heteroatoms. The van der Waals surface area contributed by atoms with Gasteiger partial charge in [0.25, 0.3) is 0 Å². The maximum atomic E-state index is 14.8. The van der Waals surface area contributed by atoms with Gasteiger partial charge in [0.05, 0.1) is 54.9 Å². The molecular formula is C60H106O10Si3. The molecule has 0 aromatic heterocycles. The summed E-state index contributed by atoms with van der Waals surface area (Å²) < 4.78 is 58.3. The molecule has 8 rings (SSSR count). The van der Waals surface area contributed by atoms with Gasteiger partial charge >= 0.3 is 0 Å². The first kappa shape index (κ1) is 61.1. The molecule has 8 aliphatic rings. The van der Waals surface area contributed by atoms with Crippen molar-refractivity contribution in [1.82, 2.24) is 0 Å². The second-order valence-electron chi connectivity index (χ2n) is 28.6. The van der Waals surface area contributed by atoms with Crippen LogP contribution in [0.5, 0.6) is 0 Å². The van der Waals surface area contributed by atoms with Gasteiger partial charge in [-0.25, -0.2) is 0 Å². The Morgan fingerprint density at radius 2 is 1.21 bits per heavy atom. The number of fused-ring (bicyclic) bond motifs is 2. The van der Waals surface area contributed by atoms with Crippen LogP contribution >= 0.6 is 0 Å². The van der Waals surface area contributed by atoms with Crippen molar-refractivity contribution < 1.29 is 46.6 Å². The Bertz CT molecular complexity index is 1940. The zero-order valence-electron chi connectivity index (χ0n) is 49.7. The van der Waals surface area contributed by atoms with Crippen LogP contribution in [0.2, 0.25) is 54.4 Å². The number of ketones is 2. The minimum atomic E-state index is -2.54. The Balaban J connectivity index is 1.42. The Labute approximate surface area is 448 Å². The van der Waals surface area contributed by atoms with Crippen molar-refractivity contribution in [3.63, 3.8) is 0 Å². The second kappa shape index (κ2) is 23.7. The summed E-state index contributed by atoms with van der Waals surface area (Å²) in [5.41, 5.74) is 2.22. The third kappa shape index (κ3) is 14.8. The third-order valence-corrected chi connectivity index (χ3v) is 33.3. The number of carbonyl (C=O) groups is 2. The number of carbonyl (C=O) groups excluding carboxylic acids is 2. The van der Waals surface area contributed by atoms with Crippen LogP contribution in [0.3, 0.4) is 0 Å². The average Bonchev–Trinajstić information content (AvgIpc) is 3.77. The van der Waals surface area contributed by atoms with Gasteiger partial charge in [0, 0.05) is 25.7 Å². The summed E-state index contributed by atoms with van der Waals surface area (Å²) in [7, 11) is -7.52. The Hall–Kier alpha value is -1.11. The molecule has 8 aliphatic heterocycles. The normalized spacial score (nSPS) is 38.2. The van der Waals surface area contributed by atoms with Crippen molar-refractivity contribution >= 4 is 36.5 Å². The molecule has 418 valence electrons. The van der Waals surface area contributed by atoms with Crippen LogP contribution in [0, 0.1) is 23.7 Å². The highest BCUT2D eigenvalue weighted by Gasteiger charge is 2.58. The van der Waals surface area contributed by atoms with E-state index in [1.54, 1.807) is 6.08 Å². The van der Waals surface area contributed by atoms with Gasteiger partial charge in [-0.05, 0) is 147 Å². The van der Waals surface area contributed by atoms with E-state index in [0.717, 1.165) is 49.7 Å². The summed E-state index contributed by atoms with van der Waals surface area (Å²) in [6.45, 7) is 52.4. The van der Waals surface area contributed by atoms with Crippen molar-refractivity contribution in [2.45, 2.75) is 307 Å². The number of hydrogen-bond acceptors (Lipinski definition) is 10. The SMILES string of the molecule is C=C1CC2CCC(=O)/C=C/[C@H](O[Si](C)(C)C(C)(C)C)[C@@H]3O[C@H]4CC[C@H](CC(=O)C[C@@H]5[C@@H](C)[C@@H](C[C@H](C)CC)O[C@H]5CC5O[C@@H](CCC1O2)C[C@@H](C)C5=C)O[C@@H]4[C@H](O[Si](C)(C)C(C)(C)C)[C@@H]3O[Si](C)(C)C(C)(C)C. The van der Waals surface area contributed by atoms with Crippen molar-refractivity contribution in [2.75, 3.05) is 0 Å². The predicted molar refractivity (Wildman–Crippen MR) is 304 cm³/mol. The van der Waals surface area contributed by atoms with E-state index in [9.17, 15) is 9.59 Å². The minimum absolute atomic E-state index is 0.0333. The van der Waals surface area contributed by atoms with Gasteiger partial charge in [-0.15, -0.1) is 0 Å². The lowest BCUT2D eigenvalue weighted by molar-refractivity contribution is -0.266. The van der Waals surface area contributed by atoms with Gasteiger partial charge in [-0.1, -0.05) is 116 Å². The first-order valence-electron chi connectivity index (χ1n) is 29.0. The molecule has 0 saturated carbocycles. The molecule has 0 N–H and O–H groups in total. The van der Waals surface area contributed by atoms with Crippen LogP contribution in [0.4, 0.5) is 0 Å². The molecule has 0 aromatic carbocycles. The van der Waals surface area contributed by atoms with E-state index in [2.05, 4.69) is 142 Å². The second-order valence-corrected chi connectivity index (χ2v) is 42.9. The highest BCUT2D eigenvalue weighted by molar-refractivity contribution is 6.75.